The van der Waals surface area contributed by atoms with Gasteiger partial charge in [0.2, 0.25) is 0 Å². The number of nitrogens with one attached hydrogen (secondary N) is 2. The number of hydrogen-bond donors (Lipinski definition) is 2. The zero-order valence-electron chi connectivity index (χ0n) is 28.5. The third-order valence-electron chi connectivity index (χ3n) is 8.59. The monoisotopic (exact) mass is 649 g/mol. The fourth-order valence-corrected chi connectivity index (χ4v) is 6.06. The molecule has 1 saturated heterocycles. The van der Waals surface area contributed by atoms with E-state index in [1.165, 1.54) is 0 Å². The van der Waals surface area contributed by atoms with Crippen molar-refractivity contribution in [2.75, 3.05) is 20.2 Å². The lowest BCUT2D eigenvalue weighted by Crippen LogP contribution is -2.36. The average Bonchev–Trinajstić information content (AvgIpc) is 3.70. The highest BCUT2D eigenvalue weighted by molar-refractivity contribution is 6.00. The maximum absolute atomic E-state index is 13.0. The minimum Gasteiger partial charge on any atom is -0.444 e. The van der Waals surface area contributed by atoms with E-state index in [1.807, 2.05) is 82.0 Å². The number of nitrogens with zero attached hydrogens (tertiary/aromatic N) is 5. The molecule has 1 aliphatic rings. The maximum Gasteiger partial charge on any atom is 0.410 e. The third-order valence-corrected chi connectivity index (χ3v) is 8.59. The first-order valence-electron chi connectivity index (χ1n) is 16.5. The molecule has 1 atom stereocenters. The Morgan fingerprint density at radius 1 is 1.08 bits per heavy atom. The lowest BCUT2D eigenvalue weighted by Gasteiger charge is -2.27. The largest absolute Gasteiger partial charge is 0.444 e. The van der Waals surface area contributed by atoms with Crippen molar-refractivity contribution in [3.63, 3.8) is 0 Å². The zero-order valence-corrected chi connectivity index (χ0v) is 28.5. The standard InChI is InChI=1S/C37H43N7O4/c1-7-43(36(46)48-37(3,4)5)22-26-20-39-21-28(23(26)2)25-16-17-29-27(19-25)32(42-44(29)30-15-11-12-18-47-30)34-40-31(24-13-9-8-10-14-24)33(41-34)35(45)38-6/h8-10,13-14,16-17,19-21,30H,7,11-12,15,18,22H2,1-6H3,(H,38,45)(H,40,41). The number of amides is 2. The van der Waals surface area contributed by atoms with Crippen LogP contribution < -0.4 is 5.32 Å². The van der Waals surface area contributed by atoms with Crippen LogP contribution in [0.15, 0.2) is 60.9 Å². The van der Waals surface area contributed by atoms with Gasteiger partial charge in [-0.15, -0.1) is 0 Å². The van der Waals surface area contributed by atoms with Crippen molar-refractivity contribution in [1.29, 1.82) is 0 Å². The summed E-state index contributed by atoms with van der Waals surface area (Å²) in [7, 11) is 1.60. The number of aromatic nitrogens is 5. The van der Waals surface area contributed by atoms with E-state index in [9.17, 15) is 9.59 Å². The first kappa shape index (κ1) is 32.9. The number of rotatable bonds is 8. The summed E-state index contributed by atoms with van der Waals surface area (Å²) < 4.78 is 13.8. The number of benzene rings is 2. The molecule has 0 saturated carbocycles. The van der Waals surface area contributed by atoms with E-state index in [0.29, 0.717) is 42.6 Å². The summed E-state index contributed by atoms with van der Waals surface area (Å²) in [5.74, 6) is 0.224. The molecule has 2 aromatic carbocycles. The van der Waals surface area contributed by atoms with E-state index >= 15 is 0 Å². The second-order valence-corrected chi connectivity index (χ2v) is 13.1. The van der Waals surface area contributed by atoms with Gasteiger partial charge in [0, 0.05) is 49.1 Å². The van der Waals surface area contributed by atoms with Gasteiger partial charge in [0.05, 0.1) is 12.1 Å². The second kappa shape index (κ2) is 13.6. The minimum absolute atomic E-state index is 0.206. The van der Waals surface area contributed by atoms with Crippen LogP contribution in [-0.2, 0) is 16.0 Å². The molecule has 2 amide bonds. The molecule has 6 rings (SSSR count). The Labute approximate surface area is 280 Å². The van der Waals surface area contributed by atoms with E-state index in [4.69, 9.17) is 19.6 Å². The van der Waals surface area contributed by atoms with Crippen molar-refractivity contribution in [3.05, 3.63) is 77.7 Å². The minimum atomic E-state index is -0.586. The zero-order chi connectivity index (χ0) is 34.0. The van der Waals surface area contributed by atoms with Crippen molar-refractivity contribution >= 4 is 22.9 Å². The molecule has 250 valence electrons. The van der Waals surface area contributed by atoms with Gasteiger partial charge in [0.1, 0.15) is 22.7 Å². The molecule has 3 aromatic heterocycles. The van der Waals surface area contributed by atoms with Crippen LogP contribution in [0, 0.1) is 6.92 Å². The van der Waals surface area contributed by atoms with Crippen LogP contribution in [0.25, 0.3) is 44.8 Å². The van der Waals surface area contributed by atoms with Crippen LogP contribution in [0.4, 0.5) is 4.79 Å². The summed E-state index contributed by atoms with van der Waals surface area (Å²) in [6.45, 7) is 11.1. The lowest BCUT2D eigenvalue weighted by atomic mass is 9.97. The number of H-pyrrole nitrogens is 1. The SMILES string of the molecule is CCN(Cc1cncc(-c2ccc3c(c2)c(-c2nc(-c4ccccc4)c(C(=O)NC)[nH]2)nn3C2CCCCO2)c1C)C(=O)OC(C)(C)C. The van der Waals surface area contributed by atoms with Crippen LogP contribution in [0.5, 0.6) is 0 Å². The molecule has 2 N–H and O–H groups in total. The number of imidazole rings is 1. The Hall–Kier alpha value is -5.03. The molecule has 48 heavy (non-hydrogen) atoms. The molecular weight excluding hydrogens is 606 g/mol. The first-order valence-corrected chi connectivity index (χ1v) is 16.5. The van der Waals surface area contributed by atoms with E-state index < -0.39 is 5.60 Å². The Morgan fingerprint density at radius 2 is 1.88 bits per heavy atom. The van der Waals surface area contributed by atoms with Crippen molar-refractivity contribution in [2.24, 2.45) is 0 Å². The number of pyridine rings is 1. The fraction of sp³-hybridized carbons (Fsp3) is 0.378. The van der Waals surface area contributed by atoms with Crippen LogP contribution in [0.1, 0.15) is 74.8 Å². The van der Waals surface area contributed by atoms with Gasteiger partial charge in [0.25, 0.3) is 5.91 Å². The predicted molar refractivity (Wildman–Crippen MR) is 185 cm³/mol. The van der Waals surface area contributed by atoms with E-state index in [-0.39, 0.29) is 18.2 Å². The predicted octanol–water partition coefficient (Wildman–Crippen LogP) is 7.28. The Bertz CT molecular complexity index is 1930. The molecule has 0 spiro atoms. The molecule has 11 heteroatoms. The van der Waals surface area contributed by atoms with Gasteiger partial charge < -0.3 is 24.7 Å². The number of fused-ring (bicyclic) bond motifs is 1. The van der Waals surface area contributed by atoms with E-state index in [1.54, 1.807) is 11.9 Å². The molecule has 11 nitrogen and oxygen atoms in total. The molecule has 0 aliphatic carbocycles. The molecular formula is C37H43N7O4. The van der Waals surface area contributed by atoms with Gasteiger partial charge in [-0.3, -0.25) is 9.78 Å². The van der Waals surface area contributed by atoms with E-state index in [2.05, 4.69) is 33.5 Å². The van der Waals surface area contributed by atoms with Crippen molar-refractivity contribution in [2.45, 2.75) is 72.3 Å². The van der Waals surface area contributed by atoms with Crippen LogP contribution in [0.3, 0.4) is 0 Å². The molecule has 0 bridgehead atoms. The van der Waals surface area contributed by atoms with Gasteiger partial charge in [-0.05, 0) is 82.7 Å². The Kier molecular flexibility index (Phi) is 9.32. The maximum atomic E-state index is 13.0. The van der Waals surface area contributed by atoms with Crippen LogP contribution in [0.2, 0.25) is 0 Å². The first-order chi connectivity index (χ1) is 23.1. The topological polar surface area (TPSA) is 127 Å². The summed E-state index contributed by atoms with van der Waals surface area (Å²) >= 11 is 0. The Morgan fingerprint density at radius 3 is 2.56 bits per heavy atom. The molecule has 1 fully saturated rings. The van der Waals surface area contributed by atoms with Crippen LogP contribution >= 0.6 is 0 Å². The van der Waals surface area contributed by atoms with Crippen molar-refractivity contribution in [3.8, 4) is 33.9 Å². The number of aromatic amines is 1. The number of carbonyl (C=O) groups excluding carboxylic acids is 2. The highest BCUT2D eigenvalue weighted by Crippen LogP contribution is 2.37. The van der Waals surface area contributed by atoms with E-state index in [0.717, 1.165) is 58.0 Å². The van der Waals surface area contributed by atoms with Crippen molar-refractivity contribution < 1.29 is 19.1 Å². The normalized spacial score (nSPS) is 15.0. The molecule has 0 radical (unpaired) electrons. The van der Waals surface area contributed by atoms with Crippen LogP contribution in [-0.4, -0.2) is 67.4 Å². The summed E-state index contributed by atoms with van der Waals surface area (Å²) in [5.41, 5.74) is 6.52. The second-order valence-electron chi connectivity index (χ2n) is 13.1. The smallest absolute Gasteiger partial charge is 0.410 e. The van der Waals surface area contributed by atoms with Gasteiger partial charge in [-0.1, -0.05) is 36.4 Å². The summed E-state index contributed by atoms with van der Waals surface area (Å²) in [4.78, 5) is 40.4. The summed E-state index contributed by atoms with van der Waals surface area (Å²) in [6.07, 6.45) is 6.02. The summed E-state index contributed by atoms with van der Waals surface area (Å²) in [5, 5.41) is 8.68. The average molecular weight is 650 g/mol. The quantitative estimate of drug-likeness (QED) is 0.181. The number of carbonyl (C=O) groups is 2. The third kappa shape index (κ3) is 6.68. The van der Waals surface area contributed by atoms with Gasteiger partial charge >= 0.3 is 6.09 Å². The van der Waals surface area contributed by atoms with Gasteiger partial charge in [-0.25, -0.2) is 14.5 Å². The van der Waals surface area contributed by atoms with Gasteiger partial charge in [-0.2, -0.15) is 5.10 Å². The Balaban J connectivity index is 1.46. The highest BCUT2D eigenvalue weighted by atomic mass is 16.6. The van der Waals surface area contributed by atoms with Gasteiger partial charge in [0.15, 0.2) is 12.1 Å². The molecule has 1 unspecified atom stereocenters. The molecule has 1 aliphatic heterocycles. The molecule has 5 aromatic rings. The number of ether oxygens (including phenoxy) is 2. The van der Waals surface area contributed by atoms with Crippen molar-refractivity contribution in [1.82, 2.24) is 34.9 Å². The fourth-order valence-electron chi connectivity index (χ4n) is 6.06. The molecule has 4 heterocycles. The highest BCUT2D eigenvalue weighted by Gasteiger charge is 2.27. The lowest BCUT2D eigenvalue weighted by molar-refractivity contribution is -0.0365. The summed E-state index contributed by atoms with van der Waals surface area (Å²) in [6, 6.07) is 15.9. The number of hydrogen-bond acceptors (Lipinski definition) is 7.